The van der Waals surface area contributed by atoms with Crippen LogP contribution in [0.15, 0.2) is 61.1 Å². The first kappa shape index (κ1) is 26.5. The van der Waals surface area contributed by atoms with E-state index in [1.54, 1.807) is 24.3 Å². The van der Waals surface area contributed by atoms with Crippen molar-refractivity contribution in [1.29, 1.82) is 5.26 Å². The number of nitrogens with zero attached hydrogens (tertiary/aromatic N) is 6. The van der Waals surface area contributed by atoms with E-state index in [-0.39, 0.29) is 33.2 Å². The maximum absolute atomic E-state index is 13.9. The standard InChI is InChI=1S/C29H22ClF3N8/c1-29(6-7-29)15-41-14-24(39-40-41)26(16-2-4-18(31)5-3-16)37-19-8-21-25(38-20-10-23(32)28(33)36-13-20)17(11-34)12-35-27(21)22(30)9-19/h2-5,8-10,12-14,26,37H,6-7,15H2,1H3,(H,35,38). The van der Waals surface area contributed by atoms with Crippen LogP contribution in [0, 0.1) is 34.3 Å². The molecule has 0 radical (unpaired) electrons. The third kappa shape index (κ3) is 5.51. The molecule has 2 aromatic carbocycles. The molecule has 1 saturated carbocycles. The number of nitrogens with one attached hydrogen (secondary N) is 2. The van der Waals surface area contributed by atoms with Gasteiger partial charge in [-0.05, 0) is 48.1 Å². The summed E-state index contributed by atoms with van der Waals surface area (Å²) in [5.74, 6) is -2.75. The lowest BCUT2D eigenvalue weighted by atomic mass is 10.0. The lowest BCUT2D eigenvalue weighted by Crippen LogP contribution is -2.13. The highest BCUT2D eigenvalue weighted by atomic mass is 35.5. The number of hydrogen-bond donors (Lipinski definition) is 2. The molecule has 1 atom stereocenters. The van der Waals surface area contributed by atoms with Gasteiger partial charge in [-0.3, -0.25) is 9.67 Å². The molecule has 0 spiro atoms. The van der Waals surface area contributed by atoms with Gasteiger partial charge in [0.2, 0.25) is 5.95 Å². The van der Waals surface area contributed by atoms with E-state index in [2.05, 4.69) is 43.9 Å². The number of anilines is 3. The summed E-state index contributed by atoms with van der Waals surface area (Å²) < 4.78 is 42.9. The molecule has 1 fully saturated rings. The van der Waals surface area contributed by atoms with Crippen LogP contribution in [0.5, 0.6) is 0 Å². The van der Waals surface area contributed by atoms with E-state index in [1.165, 1.54) is 18.3 Å². The van der Waals surface area contributed by atoms with Crippen molar-refractivity contribution in [2.24, 2.45) is 5.41 Å². The van der Waals surface area contributed by atoms with E-state index >= 15 is 0 Å². The maximum atomic E-state index is 13.9. The Morgan fingerprint density at radius 1 is 1.07 bits per heavy atom. The second-order valence-corrected chi connectivity index (χ2v) is 10.8. The van der Waals surface area contributed by atoms with E-state index in [0.29, 0.717) is 22.3 Å². The minimum Gasteiger partial charge on any atom is -0.373 e. The Balaban J connectivity index is 1.41. The minimum absolute atomic E-state index is 0.132. The second-order valence-electron chi connectivity index (χ2n) is 10.4. The molecular formula is C29H22ClF3N8. The number of aromatic nitrogens is 5. The summed E-state index contributed by atoms with van der Waals surface area (Å²) in [7, 11) is 0. The molecule has 1 aliphatic carbocycles. The average Bonchev–Trinajstić information content (AvgIpc) is 3.50. The first-order chi connectivity index (χ1) is 19.7. The monoisotopic (exact) mass is 574 g/mol. The lowest BCUT2D eigenvalue weighted by Gasteiger charge is -2.20. The maximum Gasteiger partial charge on any atom is 0.249 e. The average molecular weight is 575 g/mol. The highest BCUT2D eigenvalue weighted by Gasteiger charge is 2.38. The summed E-state index contributed by atoms with van der Waals surface area (Å²) in [6.45, 7) is 2.95. The highest BCUT2D eigenvalue weighted by molar-refractivity contribution is 6.36. The summed E-state index contributed by atoms with van der Waals surface area (Å²) in [4.78, 5) is 7.74. The summed E-state index contributed by atoms with van der Waals surface area (Å²) in [6.07, 6.45) is 6.59. The summed E-state index contributed by atoms with van der Waals surface area (Å²) in [5.41, 5.74) is 3.08. The predicted octanol–water partition coefficient (Wildman–Crippen LogP) is 6.91. The first-order valence-corrected chi connectivity index (χ1v) is 13.1. The van der Waals surface area contributed by atoms with Gasteiger partial charge in [0.05, 0.1) is 45.9 Å². The zero-order valence-electron chi connectivity index (χ0n) is 21.7. The topological polar surface area (TPSA) is 104 Å². The molecule has 0 bridgehead atoms. The van der Waals surface area contributed by atoms with Crippen molar-refractivity contribution in [3.8, 4) is 6.07 Å². The number of rotatable bonds is 8. The molecule has 0 aliphatic heterocycles. The fourth-order valence-corrected chi connectivity index (χ4v) is 4.90. The van der Waals surface area contributed by atoms with Crippen molar-refractivity contribution in [3.05, 3.63) is 100 Å². The van der Waals surface area contributed by atoms with Crippen LogP contribution in [0.4, 0.5) is 30.2 Å². The molecule has 1 unspecified atom stereocenters. The zero-order chi connectivity index (χ0) is 28.7. The van der Waals surface area contributed by atoms with Gasteiger partial charge in [-0.15, -0.1) is 5.10 Å². The first-order valence-electron chi connectivity index (χ1n) is 12.7. The van der Waals surface area contributed by atoms with Crippen LogP contribution in [0.2, 0.25) is 5.02 Å². The van der Waals surface area contributed by atoms with Crippen LogP contribution < -0.4 is 10.6 Å². The molecule has 6 rings (SSSR count). The molecule has 0 saturated heterocycles. The number of hydrogen-bond acceptors (Lipinski definition) is 7. The van der Waals surface area contributed by atoms with Crippen LogP contribution in [0.3, 0.4) is 0 Å². The van der Waals surface area contributed by atoms with Crippen LogP contribution in [0.25, 0.3) is 10.9 Å². The molecule has 5 aromatic rings. The fourth-order valence-electron chi connectivity index (χ4n) is 4.63. The smallest absolute Gasteiger partial charge is 0.249 e. The van der Waals surface area contributed by atoms with Crippen LogP contribution in [-0.2, 0) is 6.54 Å². The lowest BCUT2D eigenvalue weighted by molar-refractivity contribution is 0.424. The highest BCUT2D eigenvalue weighted by Crippen LogP contribution is 2.46. The zero-order valence-corrected chi connectivity index (χ0v) is 22.4. The summed E-state index contributed by atoms with van der Waals surface area (Å²) in [6, 6.07) is 12.0. The Bertz CT molecular complexity index is 1810. The van der Waals surface area contributed by atoms with E-state index in [9.17, 15) is 18.4 Å². The van der Waals surface area contributed by atoms with Gasteiger partial charge in [-0.25, -0.2) is 13.8 Å². The van der Waals surface area contributed by atoms with Crippen LogP contribution in [0.1, 0.15) is 42.6 Å². The molecular weight excluding hydrogens is 553 g/mol. The Morgan fingerprint density at radius 3 is 2.56 bits per heavy atom. The number of nitriles is 1. The SMILES string of the molecule is CC1(Cn2cc(C(Nc3cc(Cl)c4ncc(C#N)c(Nc5cnc(F)c(F)c5)c4c3)c3ccc(F)cc3)nn2)CC1. The minimum atomic E-state index is -1.24. The van der Waals surface area contributed by atoms with Gasteiger partial charge in [0.1, 0.15) is 17.6 Å². The molecule has 0 amide bonds. The number of benzene rings is 2. The molecule has 1 aliphatic rings. The number of pyridine rings is 2. The molecule has 12 heteroatoms. The van der Waals surface area contributed by atoms with Gasteiger partial charge in [-0.2, -0.15) is 9.65 Å². The number of fused-ring (bicyclic) bond motifs is 1. The van der Waals surface area contributed by atoms with E-state index in [0.717, 1.165) is 37.2 Å². The Morgan fingerprint density at radius 2 is 1.85 bits per heavy atom. The van der Waals surface area contributed by atoms with Crippen molar-refractivity contribution in [2.45, 2.75) is 32.4 Å². The summed E-state index contributed by atoms with van der Waals surface area (Å²) >= 11 is 6.64. The van der Waals surface area contributed by atoms with Gasteiger partial charge in [0.15, 0.2) is 5.82 Å². The van der Waals surface area contributed by atoms with Gasteiger partial charge >= 0.3 is 0 Å². The van der Waals surface area contributed by atoms with Gasteiger partial charge in [-0.1, -0.05) is 35.9 Å². The van der Waals surface area contributed by atoms with Crippen molar-refractivity contribution in [2.75, 3.05) is 10.6 Å². The second kappa shape index (κ2) is 10.4. The fraction of sp³-hybridized carbons (Fsp3) is 0.207. The molecule has 2 N–H and O–H groups in total. The van der Waals surface area contributed by atoms with Crippen LogP contribution >= 0.6 is 11.6 Å². The number of halogens is 4. The van der Waals surface area contributed by atoms with E-state index < -0.39 is 17.8 Å². The normalized spacial score (nSPS) is 14.4. The van der Waals surface area contributed by atoms with Crippen molar-refractivity contribution < 1.29 is 13.2 Å². The predicted molar refractivity (Wildman–Crippen MR) is 148 cm³/mol. The summed E-state index contributed by atoms with van der Waals surface area (Å²) in [5, 5.41) is 25.6. The van der Waals surface area contributed by atoms with Crippen molar-refractivity contribution in [3.63, 3.8) is 0 Å². The largest absolute Gasteiger partial charge is 0.373 e. The van der Waals surface area contributed by atoms with Crippen molar-refractivity contribution >= 4 is 39.6 Å². The van der Waals surface area contributed by atoms with Crippen molar-refractivity contribution in [1.82, 2.24) is 25.0 Å². The van der Waals surface area contributed by atoms with Gasteiger partial charge in [0.25, 0.3) is 0 Å². The third-order valence-electron chi connectivity index (χ3n) is 7.12. The quantitative estimate of drug-likeness (QED) is 0.194. The van der Waals surface area contributed by atoms with Crippen LogP contribution in [-0.4, -0.2) is 25.0 Å². The molecule has 206 valence electrons. The van der Waals surface area contributed by atoms with E-state index in [4.69, 9.17) is 11.6 Å². The Labute approximate surface area is 237 Å². The van der Waals surface area contributed by atoms with E-state index in [1.807, 2.05) is 10.9 Å². The van der Waals surface area contributed by atoms with Gasteiger partial charge in [0, 0.05) is 29.9 Å². The Kier molecular flexibility index (Phi) is 6.71. The molecule has 41 heavy (non-hydrogen) atoms. The molecule has 3 heterocycles. The molecule has 3 aromatic heterocycles. The third-order valence-corrected chi connectivity index (χ3v) is 7.41. The molecule has 8 nitrogen and oxygen atoms in total. The van der Waals surface area contributed by atoms with Gasteiger partial charge < -0.3 is 10.6 Å². The Hall–Kier alpha value is -4.69.